The molecule has 2 nitrogen and oxygen atoms in total. The molecule has 0 aliphatic carbocycles. The fourth-order valence-corrected chi connectivity index (χ4v) is 1.94. The zero-order valence-corrected chi connectivity index (χ0v) is 10.8. The highest BCUT2D eigenvalue weighted by Crippen LogP contribution is 2.34. The molecule has 18 heavy (non-hydrogen) atoms. The molecule has 0 aliphatic heterocycles. The van der Waals surface area contributed by atoms with Crippen LogP contribution in [-0.2, 0) is 6.18 Å². The molecular weight excluding hydrogens is 289 g/mol. The fraction of sp³-hybridized carbons (Fsp3) is 0.455. The summed E-state index contributed by atoms with van der Waals surface area (Å²) in [6, 6.07) is 2.62. The smallest absolute Gasteiger partial charge is 0.390 e. The van der Waals surface area contributed by atoms with Gasteiger partial charge in [-0.3, -0.25) is 0 Å². The van der Waals surface area contributed by atoms with E-state index in [9.17, 15) is 23.4 Å². The summed E-state index contributed by atoms with van der Waals surface area (Å²) in [5.74, 6) is 0.300. The summed E-state index contributed by atoms with van der Waals surface area (Å²) < 4.78 is 37.5. The zero-order chi connectivity index (χ0) is 13.9. The standard InChI is InChI=1S/C11H12ClF3O2S/c12-8-2-1-6(11(13,14)15)5-7(8)10(17)9(16)3-4-18/h1-2,5,9-10,16-18H,3-4H2. The lowest BCUT2D eigenvalue weighted by atomic mass is 10.0. The first-order valence-corrected chi connectivity index (χ1v) is 6.12. The monoisotopic (exact) mass is 300 g/mol. The van der Waals surface area contributed by atoms with Crippen LogP contribution in [0, 0.1) is 0 Å². The summed E-state index contributed by atoms with van der Waals surface area (Å²) in [6.45, 7) is 0. The number of hydrogen-bond acceptors (Lipinski definition) is 3. The number of halogens is 4. The van der Waals surface area contributed by atoms with Gasteiger partial charge in [0.05, 0.1) is 11.7 Å². The van der Waals surface area contributed by atoms with Gasteiger partial charge in [-0.2, -0.15) is 25.8 Å². The first-order valence-electron chi connectivity index (χ1n) is 5.11. The van der Waals surface area contributed by atoms with Gasteiger partial charge in [0.25, 0.3) is 0 Å². The van der Waals surface area contributed by atoms with Crippen molar-refractivity contribution < 1.29 is 23.4 Å². The van der Waals surface area contributed by atoms with Crippen LogP contribution in [0.1, 0.15) is 23.7 Å². The Hall–Kier alpha value is -0.430. The summed E-state index contributed by atoms with van der Waals surface area (Å²) in [5.41, 5.74) is -1.06. The van der Waals surface area contributed by atoms with Gasteiger partial charge in [0, 0.05) is 10.6 Å². The molecule has 0 saturated heterocycles. The molecule has 0 amide bonds. The second-order valence-corrected chi connectivity index (χ2v) is 4.61. The van der Waals surface area contributed by atoms with E-state index >= 15 is 0 Å². The van der Waals surface area contributed by atoms with Gasteiger partial charge >= 0.3 is 6.18 Å². The lowest BCUT2D eigenvalue weighted by Gasteiger charge is -2.19. The maximum absolute atomic E-state index is 12.5. The van der Waals surface area contributed by atoms with Crippen LogP contribution in [0.3, 0.4) is 0 Å². The molecule has 2 N–H and O–H groups in total. The summed E-state index contributed by atoms with van der Waals surface area (Å²) in [6.07, 6.45) is -7.04. The maximum atomic E-state index is 12.5. The van der Waals surface area contributed by atoms with Crippen LogP contribution in [0.2, 0.25) is 5.02 Å². The van der Waals surface area contributed by atoms with E-state index in [0.29, 0.717) is 5.75 Å². The third-order valence-corrected chi connectivity index (χ3v) is 3.03. The van der Waals surface area contributed by atoms with Crippen LogP contribution >= 0.6 is 24.2 Å². The SMILES string of the molecule is OC(CCS)C(O)c1cc(C(F)(F)F)ccc1Cl. The van der Waals surface area contributed by atoms with Crippen LogP contribution in [0.25, 0.3) is 0 Å². The topological polar surface area (TPSA) is 40.5 Å². The van der Waals surface area contributed by atoms with E-state index in [4.69, 9.17) is 11.6 Å². The second-order valence-electron chi connectivity index (χ2n) is 3.76. The van der Waals surface area contributed by atoms with Gasteiger partial charge in [0.1, 0.15) is 6.10 Å². The molecule has 0 spiro atoms. The average molecular weight is 301 g/mol. The molecule has 7 heteroatoms. The molecular formula is C11H12ClF3O2S. The molecule has 1 aromatic rings. The molecule has 0 radical (unpaired) electrons. The molecule has 2 unspecified atom stereocenters. The van der Waals surface area contributed by atoms with Gasteiger partial charge < -0.3 is 10.2 Å². The molecule has 0 bridgehead atoms. The number of thiol groups is 1. The predicted molar refractivity (Wildman–Crippen MR) is 65.9 cm³/mol. The van der Waals surface area contributed by atoms with E-state index < -0.39 is 23.9 Å². The highest BCUT2D eigenvalue weighted by atomic mass is 35.5. The second kappa shape index (κ2) is 6.14. The summed E-state index contributed by atoms with van der Waals surface area (Å²) in [4.78, 5) is 0. The molecule has 102 valence electrons. The predicted octanol–water partition coefficient (Wildman–Crippen LogP) is 3.07. The summed E-state index contributed by atoms with van der Waals surface area (Å²) >= 11 is 9.60. The Morgan fingerprint density at radius 2 is 1.89 bits per heavy atom. The third-order valence-electron chi connectivity index (χ3n) is 2.43. The average Bonchev–Trinajstić information content (AvgIpc) is 2.27. The lowest BCUT2D eigenvalue weighted by molar-refractivity contribution is -0.137. The van der Waals surface area contributed by atoms with Gasteiger partial charge in [-0.15, -0.1) is 0 Å². The molecule has 0 aromatic heterocycles. The van der Waals surface area contributed by atoms with Gasteiger partial charge in [-0.1, -0.05) is 11.6 Å². The van der Waals surface area contributed by atoms with Gasteiger partial charge in [-0.05, 0) is 30.4 Å². The Kier molecular flexibility index (Phi) is 5.33. The van der Waals surface area contributed by atoms with Crippen LogP contribution in [0.4, 0.5) is 13.2 Å². The molecule has 0 aliphatic rings. The van der Waals surface area contributed by atoms with Crippen molar-refractivity contribution in [3.05, 3.63) is 34.3 Å². The number of benzene rings is 1. The number of hydrogen-bond donors (Lipinski definition) is 3. The van der Waals surface area contributed by atoms with Crippen molar-refractivity contribution in [1.29, 1.82) is 0 Å². The van der Waals surface area contributed by atoms with Crippen LogP contribution in [-0.4, -0.2) is 22.1 Å². The van der Waals surface area contributed by atoms with Crippen molar-refractivity contribution in [2.75, 3.05) is 5.75 Å². The quantitative estimate of drug-likeness (QED) is 0.748. The first kappa shape index (κ1) is 15.6. The Labute approximate surface area is 113 Å². The van der Waals surface area contributed by atoms with Crippen LogP contribution in [0.15, 0.2) is 18.2 Å². The molecule has 0 saturated carbocycles. The number of aliphatic hydroxyl groups is 2. The summed E-state index contributed by atoms with van der Waals surface area (Å²) in [5, 5.41) is 19.3. The number of rotatable bonds is 4. The van der Waals surface area contributed by atoms with Crippen LogP contribution < -0.4 is 0 Å². The minimum absolute atomic E-state index is 0.0197. The van der Waals surface area contributed by atoms with Crippen molar-refractivity contribution in [3.63, 3.8) is 0 Å². The van der Waals surface area contributed by atoms with Crippen molar-refractivity contribution in [2.24, 2.45) is 0 Å². The largest absolute Gasteiger partial charge is 0.416 e. The van der Waals surface area contributed by atoms with Crippen molar-refractivity contribution in [2.45, 2.75) is 24.8 Å². The minimum Gasteiger partial charge on any atom is -0.390 e. The Balaban J connectivity index is 3.08. The number of aliphatic hydroxyl groups excluding tert-OH is 2. The van der Waals surface area contributed by atoms with Gasteiger partial charge in [0.15, 0.2) is 0 Å². The van der Waals surface area contributed by atoms with Crippen molar-refractivity contribution in [3.8, 4) is 0 Å². The summed E-state index contributed by atoms with van der Waals surface area (Å²) in [7, 11) is 0. The van der Waals surface area contributed by atoms with E-state index in [0.717, 1.165) is 18.2 Å². The van der Waals surface area contributed by atoms with Gasteiger partial charge in [-0.25, -0.2) is 0 Å². The Bertz CT molecular complexity index is 412. The highest BCUT2D eigenvalue weighted by Gasteiger charge is 2.32. The lowest BCUT2D eigenvalue weighted by Crippen LogP contribution is -2.19. The molecule has 0 fully saturated rings. The van der Waals surface area contributed by atoms with Crippen molar-refractivity contribution >= 4 is 24.2 Å². The van der Waals surface area contributed by atoms with E-state index in [1.165, 1.54) is 0 Å². The Morgan fingerprint density at radius 1 is 1.28 bits per heavy atom. The first-order chi connectivity index (χ1) is 8.27. The highest BCUT2D eigenvalue weighted by molar-refractivity contribution is 7.80. The normalized spacial score (nSPS) is 15.5. The van der Waals surface area contributed by atoms with Crippen LogP contribution in [0.5, 0.6) is 0 Å². The molecule has 1 aromatic carbocycles. The van der Waals surface area contributed by atoms with E-state index in [-0.39, 0.29) is 17.0 Å². The third kappa shape index (κ3) is 3.78. The number of alkyl halides is 3. The van der Waals surface area contributed by atoms with E-state index in [1.807, 2.05) is 0 Å². The molecule has 0 heterocycles. The van der Waals surface area contributed by atoms with E-state index in [1.54, 1.807) is 0 Å². The molecule has 1 rings (SSSR count). The van der Waals surface area contributed by atoms with Crippen molar-refractivity contribution in [1.82, 2.24) is 0 Å². The zero-order valence-electron chi connectivity index (χ0n) is 9.15. The Morgan fingerprint density at radius 3 is 2.39 bits per heavy atom. The minimum atomic E-state index is -4.52. The fourth-order valence-electron chi connectivity index (χ4n) is 1.44. The van der Waals surface area contributed by atoms with Gasteiger partial charge in [0.2, 0.25) is 0 Å². The van der Waals surface area contributed by atoms with E-state index in [2.05, 4.69) is 12.6 Å². The molecule has 2 atom stereocenters. The maximum Gasteiger partial charge on any atom is 0.416 e.